The van der Waals surface area contributed by atoms with E-state index >= 15 is 0 Å². The van der Waals surface area contributed by atoms with Gasteiger partial charge < -0.3 is 4.74 Å². The van der Waals surface area contributed by atoms with Crippen LogP contribution in [0.2, 0.25) is 0 Å². The Morgan fingerprint density at radius 1 is 1.38 bits per heavy atom. The number of hydrogen-bond donors (Lipinski definition) is 0. The first-order valence-electron chi connectivity index (χ1n) is 6.66. The molecule has 0 aliphatic rings. The molecule has 1 aromatic rings. The normalized spacial score (nSPS) is 12.3. The molecule has 0 atom stereocenters. The highest BCUT2D eigenvalue weighted by Crippen LogP contribution is 2.21. The van der Waals surface area contributed by atoms with Gasteiger partial charge in [0.25, 0.3) is 0 Å². The van der Waals surface area contributed by atoms with Crippen LogP contribution < -0.4 is 0 Å². The highest BCUT2D eigenvalue weighted by molar-refractivity contribution is 7.89. The highest BCUT2D eigenvalue weighted by Gasteiger charge is 2.25. The van der Waals surface area contributed by atoms with Crippen LogP contribution in [-0.2, 0) is 20.6 Å². The number of hydrogen-bond acceptors (Lipinski definition) is 3. The van der Waals surface area contributed by atoms with Crippen LogP contribution in [0.1, 0.15) is 19.4 Å². The maximum Gasteiger partial charge on any atom is 0.243 e. The summed E-state index contributed by atoms with van der Waals surface area (Å²) in [4.78, 5) is 0.0521. The van der Waals surface area contributed by atoms with Gasteiger partial charge in [0.15, 0.2) is 0 Å². The average molecular weight is 338 g/mol. The lowest BCUT2D eigenvalue weighted by Crippen LogP contribution is -2.36. The number of benzene rings is 1. The van der Waals surface area contributed by atoms with Crippen molar-refractivity contribution in [2.24, 2.45) is 5.92 Å². The first-order valence-corrected chi connectivity index (χ1v) is 8.63. The summed E-state index contributed by atoms with van der Waals surface area (Å²) >= 11 is 5.63. The van der Waals surface area contributed by atoms with Crippen molar-refractivity contribution < 1.29 is 17.5 Å². The molecule has 0 N–H and O–H groups in total. The van der Waals surface area contributed by atoms with E-state index in [1.807, 2.05) is 13.8 Å². The summed E-state index contributed by atoms with van der Waals surface area (Å²) in [6, 6.07) is 3.69. The van der Waals surface area contributed by atoms with Crippen molar-refractivity contribution in [3.05, 3.63) is 29.6 Å². The molecule has 0 spiro atoms. The fraction of sp³-hybridized carbons (Fsp3) is 0.571. The zero-order valence-corrected chi connectivity index (χ0v) is 14.0. The van der Waals surface area contributed by atoms with Gasteiger partial charge in [0.1, 0.15) is 5.82 Å². The number of halogens is 2. The van der Waals surface area contributed by atoms with Gasteiger partial charge in [0.2, 0.25) is 10.0 Å². The third kappa shape index (κ3) is 4.92. The van der Waals surface area contributed by atoms with E-state index < -0.39 is 15.8 Å². The predicted octanol–water partition coefficient (Wildman–Crippen LogP) is 2.86. The Labute approximate surface area is 130 Å². The quantitative estimate of drug-likeness (QED) is 0.685. The van der Waals surface area contributed by atoms with E-state index in [4.69, 9.17) is 16.3 Å². The Kier molecular flexibility index (Phi) is 7.06. The Balaban J connectivity index is 3.14. The van der Waals surface area contributed by atoms with Crippen LogP contribution in [0.25, 0.3) is 0 Å². The monoisotopic (exact) mass is 337 g/mol. The van der Waals surface area contributed by atoms with Crippen LogP contribution in [-0.4, -0.2) is 39.5 Å². The van der Waals surface area contributed by atoms with E-state index in [0.717, 1.165) is 6.07 Å². The van der Waals surface area contributed by atoms with E-state index in [1.54, 1.807) is 0 Å². The van der Waals surface area contributed by atoms with Crippen LogP contribution in [0.15, 0.2) is 23.1 Å². The van der Waals surface area contributed by atoms with Crippen molar-refractivity contribution in [3.8, 4) is 0 Å². The second kappa shape index (κ2) is 8.08. The summed E-state index contributed by atoms with van der Waals surface area (Å²) in [5, 5.41) is 0. The first-order chi connectivity index (χ1) is 9.82. The molecule has 21 heavy (non-hydrogen) atoms. The van der Waals surface area contributed by atoms with E-state index in [-0.39, 0.29) is 28.8 Å². The average Bonchev–Trinajstić information content (AvgIpc) is 2.43. The summed E-state index contributed by atoms with van der Waals surface area (Å²) < 4.78 is 45.1. The summed E-state index contributed by atoms with van der Waals surface area (Å²) in [5.41, 5.74) is 0.175. The molecule has 0 fully saturated rings. The molecule has 0 heterocycles. The van der Waals surface area contributed by atoms with E-state index in [1.165, 1.54) is 23.5 Å². The second-order valence-corrected chi connectivity index (χ2v) is 7.34. The van der Waals surface area contributed by atoms with Crippen LogP contribution in [0.3, 0.4) is 0 Å². The second-order valence-electron chi connectivity index (χ2n) is 5.14. The molecule has 0 aliphatic heterocycles. The number of nitrogens with zero attached hydrogens (tertiary/aromatic N) is 1. The summed E-state index contributed by atoms with van der Waals surface area (Å²) in [7, 11) is -2.17. The third-order valence-electron chi connectivity index (χ3n) is 2.91. The Bertz CT molecular complexity index is 563. The zero-order chi connectivity index (χ0) is 16.0. The minimum Gasteiger partial charge on any atom is -0.383 e. The molecule has 0 aromatic heterocycles. The lowest BCUT2D eigenvalue weighted by atomic mass is 10.2. The minimum atomic E-state index is -3.69. The van der Waals surface area contributed by atoms with E-state index in [2.05, 4.69) is 0 Å². The standard InChI is InChI=1S/C14H21ClFNO3S/c1-11(2)10-17(6-7-20-3)21(18,19)13-4-5-14(16)12(8-13)9-15/h4-5,8,11H,6-7,9-10H2,1-3H3. The molecule has 1 rings (SSSR count). The lowest BCUT2D eigenvalue weighted by molar-refractivity contribution is 0.175. The van der Waals surface area contributed by atoms with Crippen LogP contribution >= 0.6 is 11.6 Å². The van der Waals surface area contributed by atoms with Crippen molar-refractivity contribution in [3.63, 3.8) is 0 Å². The molecule has 1 aromatic carbocycles. The van der Waals surface area contributed by atoms with Gasteiger partial charge in [-0.1, -0.05) is 13.8 Å². The number of rotatable bonds is 8. The van der Waals surface area contributed by atoms with Gasteiger partial charge in [-0.2, -0.15) is 4.31 Å². The Hall–Kier alpha value is -0.690. The van der Waals surface area contributed by atoms with Gasteiger partial charge in [0, 0.05) is 25.8 Å². The fourth-order valence-electron chi connectivity index (χ4n) is 1.87. The summed E-state index contributed by atoms with van der Waals surface area (Å²) in [6.07, 6.45) is 0. The fourth-order valence-corrected chi connectivity index (χ4v) is 3.72. The number of sulfonamides is 1. The van der Waals surface area contributed by atoms with Gasteiger partial charge in [0.05, 0.1) is 17.4 Å². The van der Waals surface area contributed by atoms with Gasteiger partial charge in [-0.15, -0.1) is 11.6 Å². The molecule has 0 unspecified atom stereocenters. The molecular formula is C14H21ClFNO3S. The maximum atomic E-state index is 13.5. The molecule has 0 radical (unpaired) electrons. The van der Waals surface area contributed by atoms with Crippen molar-refractivity contribution in [1.29, 1.82) is 0 Å². The van der Waals surface area contributed by atoms with Gasteiger partial charge >= 0.3 is 0 Å². The van der Waals surface area contributed by atoms with Crippen molar-refractivity contribution in [2.45, 2.75) is 24.6 Å². The van der Waals surface area contributed by atoms with Crippen molar-refractivity contribution >= 4 is 21.6 Å². The Morgan fingerprint density at radius 2 is 2.05 bits per heavy atom. The molecule has 0 amide bonds. The lowest BCUT2D eigenvalue weighted by Gasteiger charge is -2.24. The van der Waals surface area contributed by atoms with Crippen LogP contribution in [0, 0.1) is 11.7 Å². The molecule has 0 saturated heterocycles. The number of methoxy groups -OCH3 is 1. The van der Waals surface area contributed by atoms with E-state index in [9.17, 15) is 12.8 Å². The van der Waals surface area contributed by atoms with Gasteiger partial charge in [-0.25, -0.2) is 12.8 Å². The molecule has 0 bridgehead atoms. The molecular weight excluding hydrogens is 317 g/mol. The Morgan fingerprint density at radius 3 is 2.57 bits per heavy atom. The van der Waals surface area contributed by atoms with Crippen molar-refractivity contribution in [1.82, 2.24) is 4.31 Å². The largest absolute Gasteiger partial charge is 0.383 e. The molecule has 120 valence electrons. The molecule has 7 heteroatoms. The van der Waals surface area contributed by atoms with Gasteiger partial charge in [-0.3, -0.25) is 0 Å². The van der Waals surface area contributed by atoms with Crippen molar-refractivity contribution in [2.75, 3.05) is 26.8 Å². The maximum absolute atomic E-state index is 13.5. The van der Waals surface area contributed by atoms with Gasteiger partial charge in [-0.05, 0) is 24.1 Å². The molecule has 0 aliphatic carbocycles. The zero-order valence-electron chi connectivity index (χ0n) is 12.5. The summed E-state index contributed by atoms with van der Waals surface area (Å²) in [5.74, 6) is -0.405. The molecule has 4 nitrogen and oxygen atoms in total. The number of ether oxygens (including phenoxy) is 1. The van der Waals surface area contributed by atoms with Crippen LogP contribution in [0.5, 0.6) is 0 Å². The van der Waals surface area contributed by atoms with E-state index in [0.29, 0.717) is 13.2 Å². The highest BCUT2D eigenvalue weighted by atomic mass is 35.5. The van der Waals surface area contributed by atoms with Crippen LogP contribution in [0.4, 0.5) is 4.39 Å². The SMILES string of the molecule is COCCN(CC(C)C)S(=O)(=O)c1ccc(F)c(CCl)c1. The summed E-state index contributed by atoms with van der Waals surface area (Å²) in [6.45, 7) is 4.80. The smallest absolute Gasteiger partial charge is 0.243 e. The molecule has 0 saturated carbocycles. The topological polar surface area (TPSA) is 46.6 Å². The predicted molar refractivity (Wildman–Crippen MR) is 81.4 cm³/mol. The number of alkyl halides is 1. The third-order valence-corrected chi connectivity index (χ3v) is 5.06. The minimum absolute atomic E-state index is 0.0521. The first kappa shape index (κ1) is 18.4.